The number of nitrogens with one attached hydrogen (secondary N) is 1. The van der Waals surface area contributed by atoms with Crippen molar-refractivity contribution >= 4 is 5.69 Å². The van der Waals surface area contributed by atoms with Crippen LogP contribution in [-0.2, 0) is 0 Å². The molecule has 0 saturated carbocycles. The van der Waals surface area contributed by atoms with Crippen molar-refractivity contribution in [3.63, 3.8) is 0 Å². The average molecular weight is 285 g/mol. The third-order valence-corrected chi connectivity index (χ3v) is 3.18. The Balaban J connectivity index is 1.76. The summed E-state index contributed by atoms with van der Waals surface area (Å²) in [6, 6.07) is 14.2. The van der Waals surface area contributed by atoms with Crippen molar-refractivity contribution in [2.24, 2.45) is 0 Å². The summed E-state index contributed by atoms with van der Waals surface area (Å²) in [5.74, 6) is 1.85. The molecule has 2 aromatic rings. The smallest absolute Gasteiger partial charge is 0.122 e. The molecule has 0 aliphatic rings. The zero-order valence-corrected chi connectivity index (χ0v) is 13.0. The van der Waals surface area contributed by atoms with Crippen molar-refractivity contribution in [1.29, 1.82) is 0 Å². The van der Waals surface area contributed by atoms with E-state index < -0.39 is 0 Å². The molecule has 3 nitrogen and oxygen atoms in total. The summed E-state index contributed by atoms with van der Waals surface area (Å²) in [4.78, 5) is 0. The third kappa shape index (κ3) is 4.71. The summed E-state index contributed by atoms with van der Waals surface area (Å²) < 4.78 is 11.2. The van der Waals surface area contributed by atoms with Crippen molar-refractivity contribution in [3.05, 3.63) is 53.6 Å². The van der Waals surface area contributed by atoms with E-state index in [9.17, 15) is 0 Å². The molecule has 0 bridgehead atoms. The lowest BCUT2D eigenvalue weighted by molar-refractivity contribution is 0.330. The second-order valence-electron chi connectivity index (χ2n) is 5.00. The molecular weight excluding hydrogens is 262 g/mol. The van der Waals surface area contributed by atoms with Gasteiger partial charge in [0.05, 0.1) is 6.61 Å². The number of benzene rings is 2. The molecule has 0 fully saturated rings. The number of anilines is 1. The summed E-state index contributed by atoms with van der Waals surface area (Å²) >= 11 is 0. The van der Waals surface area contributed by atoms with Crippen LogP contribution in [0.15, 0.2) is 42.5 Å². The first-order chi connectivity index (χ1) is 10.2. The van der Waals surface area contributed by atoms with Gasteiger partial charge < -0.3 is 14.8 Å². The van der Waals surface area contributed by atoms with E-state index in [-0.39, 0.29) is 0 Å². The van der Waals surface area contributed by atoms with Crippen LogP contribution in [0, 0.1) is 13.8 Å². The van der Waals surface area contributed by atoms with Gasteiger partial charge >= 0.3 is 0 Å². The largest absolute Gasteiger partial charge is 0.494 e. The molecule has 0 atom stereocenters. The Morgan fingerprint density at radius 2 is 1.71 bits per heavy atom. The first-order valence-electron chi connectivity index (χ1n) is 7.36. The van der Waals surface area contributed by atoms with Crippen molar-refractivity contribution < 1.29 is 9.47 Å². The van der Waals surface area contributed by atoms with E-state index in [2.05, 4.69) is 31.3 Å². The van der Waals surface area contributed by atoms with Gasteiger partial charge in [0, 0.05) is 12.2 Å². The molecule has 0 aliphatic heterocycles. The Morgan fingerprint density at radius 3 is 2.38 bits per heavy atom. The van der Waals surface area contributed by atoms with Gasteiger partial charge in [-0.15, -0.1) is 0 Å². The highest BCUT2D eigenvalue weighted by Gasteiger charge is 1.99. The van der Waals surface area contributed by atoms with Gasteiger partial charge in [0.25, 0.3) is 0 Å². The van der Waals surface area contributed by atoms with E-state index in [1.54, 1.807) is 0 Å². The number of rotatable bonds is 7. The van der Waals surface area contributed by atoms with Gasteiger partial charge in [0.15, 0.2) is 0 Å². The molecule has 2 aromatic carbocycles. The SMILES string of the molecule is CCOc1ccc(NCCOc2ccc(C)cc2C)cc1. The molecule has 21 heavy (non-hydrogen) atoms. The third-order valence-electron chi connectivity index (χ3n) is 3.18. The molecular formula is C18H23NO2. The Kier molecular flexibility index (Phi) is 5.50. The van der Waals surface area contributed by atoms with E-state index in [4.69, 9.17) is 9.47 Å². The summed E-state index contributed by atoms with van der Waals surface area (Å²) in [5, 5.41) is 3.33. The van der Waals surface area contributed by atoms with Crippen LogP contribution in [-0.4, -0.2) is 19.8 Å². The molecule has 0 aliphatic carbocycles. The van der Waals surface area contributed by atoms with Crippen molar-refractivity contribution in [1.82, 2.24) is 0 Å². The first-order valence-corrected chi connectivity index (χ1v) is 7.36. The standard InChI is InChI=1S/C18H23NO2/c1-4-20-17-8-6-16(7-9-17)19-11-12-21-18-10-5-14(2)13-15(18)3/h5-10,13,19H,4,11-12H2,1-3H3. The maximum Gasteiger partial charge on any atom is 0.122 e. The fourth-order valence-corrected chi connectivity index (χ4v) is 2.15. The van der Waals surface area contributed by atoms with Crippen LogP contribution in [0.5, 0.6) is 11.5 Å². The zero-order valence-electron chi connectivity index (χ0n) is 13.0. The summed E-state index contributed by atoms with van der Waals surface area (Å²) in [6.07, 6.45) is 0. The van der Waals surface area contributed by atoms with E-state index in [1.165, 1.54) is 11.1 Å². The molecule has 0 radical (unpaired) electrons. The van der Waals surface area contributed by atoms with Crippen molar-refractivity contribution in [3.8, 4) is 11.5 Å². The minimum Gasteiger partial charge on any atom is -0.494 e. The van der Waals surface area contributed by atoms with Gasteiger partial charge in [0.1, 0.15) is 18.1 Å². The zero-order chi connectivity index (χ0) is 15.1. The second-order valence-corrected chi connectivity index (χ2v) is 5.00. The molecule has 0 unspecified atom stereocenters. The fourth-order valence-electron chi connectivity index (χ4n) is 2.15. The van der Waals surface area contributed by atoms with Crippen molar-refractivity contribution in [2.45, 2.75) is 20.8 Å². The Labute approximate surface area is 126 Å². The number of aryl methyl sites for hydroxylation is 2. The lowest BCUT2D eigenvalue weighted by Crippen LogP contribution is -2.11. The van der Waals surface area contributed by atoms with Crippen molar-refractivity contribution in [2.75, 3.05) is 25.1 Å². The lowest BCUT2D eigenvalue weighted by atomic mass is 10.1. The minimum atomic E-state index is 0.636. The molecule has 0 spiro atoms. The molecule has 2 rings (SSSR count). The number of hydrogen-bond acceptors (Lipinski definition) is 3. The van der Waals surface area contributed by atoms with Gasteiger partial charge in [-0.3, -0.25) is 0 Å². The maximum absolute atomic E-state index is 5.79. The molecule has 112 valence electrons. The van der Waals surface area contributed by atoms with Crippen LogP contribution >= 0.6 is 0 Å². The Hall–Kier alpha value is -2.16. The van der Waals surface area contributed by atoms with Crippen LogP contribution in [0.2, 0.25) is 0 Å². The highest BCUT2D eigenvalue weighted by atomic mass is 16.5. The van der Waals surface area contributed by atoms with Gasteiger partial charge in [-0.25, -0.2) is 0 Å². The lowest BCUT2D eigenvalue weighted by Gasteiger charge is -2.11. The molecule has 0 heterocycles. The Morgan fingerprint density at radius 1 is 0.952 bits per heavy atom. The molecule has 1 N–H and O–H groups in total. The number of hydrogen-bond donors (Lipinski definition) is 1. The first kappa shape index (κ1) is 15.2. The highest BCUT2D eigenvalue weighted by Crippen LogP contribution is 2.19. The summed E-state index contributed by atoms with van der Waals surface area (Å²) in [5.41, 5.74) is 3.51. The second kappa shape index (κ2) is 7.58. The minimum absolute atomic E-state index is 0.636. The Bertz CT molecular complexity index is 564. The topological polar surface area (TPSA) is 30.5 Å². The van der Waals surface area contributed by atoms with E-state index >= 15 is 0 Å². The van der Waals surface area contributed by atoms with Crippen LogP contribution in [0.3, 0.4) is 0 Å². The molecule has 0 saturated heterocycles. The summed E-state index contributed by atoms with van der Waals surface area (Å²) in [6.45, 7) is 8.23. The van der Waals surface area contributed by atoms with E-state index in [1.807, 2.05) is 37.3 Å². The number of ether oxygens (including phenoxy) is 2. The van der Waals surface area contributed by atoms with Gasteiger partial charge in [-0.05, 0) is 56.7 Å². The molecule has 0 amide bonds. The van der Waals surface area contributed by atoms with Gasteiger partial charge in [0.2, 0.25) is 0 Å². The molecule has 3 heteroatoms. The van der Waals surface area contributed by atoms with Crippen LogP contribution in [0.25, 0.3) is 0 Å². The monoisotopic (exact) mass is 285 g/mol. The maximum atomic E-state index is 5.79. The predicted octanol–water partition coefficient (Wildman–Crippen LogP) is 4.19. The normalized spacial score (nSPS) is 10.2. The highest BCUT2D eigenvalue weighted by molar-refractivity contribution is 5.46. The van der Waals surface area contributed by atoms with E-state index in [0.717, 1.165) is 23.7 Å². The average Bonchev–Trinajstić information content (AvgIpc) is 2.47. The van der Waals surface area contributed by atoms with E-state index in [0.29, 0.717) is 13.2 Å². The van der Waals surface area contributed by atoms with Gasteiger partial charge in [-0.2, -0.15) is 0 Å². The quantitative estimate of drug-likeness (QED) is 0.774. The molecule has 0 aromatic heterocycles. The predicted molar refractivity (Wildman–Crippen MR) is 87.5 cm³/mol. The van der Waals surface area contributed by atoms with Crippen LogP contribution in [0.4, 0.5) is 5.69 Å². The van der Waals surface area contributed by atoms with Gasteiger partial charge in [-0.1, -0.05) is 17.7 Å². The summed E-state index contributed by atoms with van der Waals surface area (Å²) in [7, 11) is 0. The fraction of sp³-hybridized carbons (Fsp3) is 0.333. The van der Waals surface area contributed by atoms with Crippen LogP contribution in [0.1, 0.15) is 18.1 Å². The van der Waals surface area contributed by atoms with Crippen LogP contribution < -0.4 is 14.8 Å².